The highest BCUT2D eigenvalue weighted by atomic mass is 16.3. The van der Waals surface area contributed by atoms with Crippen molar-refractivity contribution >= 4 is 16.7 Å². The third-order valence-corrected chi connectivity index (χ3v) is 5.59. The number of rotatable bonds is 4. The van der Waals surface area contributed by atoms with Gasteiger partial charge in [0.25, 0.3) is 0 Å². The minimum atomic E-state index is -0.649. The monoisotopic (exact) mass is 309 g/mol. The van der Waals surface area contributed by atoms with Crippen molar-refractivity contribution in [2.24, 2.45) is 17.8 Å². The second-order valence-electron chi connectivity index (χ2n) is 7.01. The first-order chi connectivity index (χ1) is 11.2. The minimum absolute atomic E-state index is 0.140. The van der Waals surface area contributed by atoms with Crippen molar-refractivity contribution in [3.8, 4) is 0 Å². The predicted molar refractivity (Wildman–Crippen MR) is 90.9 cm³/mol. The number of carbonyl (C=O) groups is 1. The van der Waals surface area contributed by atoms with E-state index in [1.54, 1.807) is 0 Å². The van der Waals surface area contributed by atoms with Crippen molar-refractivity contribution in [3.63, 3.8) is 0 Å². The Morgan fingerprint density at radius 1 is 1.09 bits per heavy atom. The third-order valence-electron chi connectivity index (χ3n) is 5.59. The summed E-state index contributed by atoms with van der Waals surface area (Å²) in [6.45, 7) is 0.299. The molecule has 0 spiro atoms. The van der Waals surface area contributed by atoms with Crippen molar-refractivity contribution in [1.82, 2.24) is 5.32 Å². The molecule has 0 aromatic heterocycles. The smallest absolute Gasteiger partial charge is 0.223 e. The Hall–Kier alpha value is -1.87. The summed E-state index contributed by atoms with van der Waals surface area (Å²) in [5.41, 5.74) is 0.859. The molecule has 23 heavy (non-hydrogen) atoms. The van der Waals surface area contributed by atoms with Gasteiger partial charge in [-0.15, -0.1) is 0 Å². The van der Waals surface area contributed by atoms with E-state index in [-0.39, 0.29) is 11.8 Å². The molecule has 3 unspecified atom stereocenters. The molecule has 2 N–H and O–H groups in total. The Balaban J connectivity index is 1.37. The number of nitrogens with one attached hydrogen (secondary N) is 1. The first-order valence-electron chi connectivity index (χ1n) is 8.68. The zero-order chi connectivity index (χ0) is 15.8. The standard InChI is InChI=1S/C20H23NO2/c22-18(15-10-9-13-5-1-2-6-14(13)11-15)12-21-20(23)19-16-7-3-4-8-17(16)19/h1-2,5-6,9-11,16-19,22H,3-4,7-8,12H2,(H,21,23). The van der Waals surface area contributed by atoms with Crippen LogP contribution in [0.4, 0.5) is 0 Å². The summed E-state index contributed by atoms with van der Waals surface area (Å²) < 4.78 is 0. The highest BCUT2D eigenvalue weighted by Crippen LogP contribution is 2.55. The van der Waals surface area contributed by atoms with E-state index in [4.69, 9.17) is 0 Å². The summed E-state index contributed by atoms with van der Waals surface area (Å²) in [6.07, 6.45) is 4.30. The number of fused-ring (bicyclic) bond motifs is 2. The third kappa shape index (κ3) is 2.86. The minimum Gasteiger partial charge on any atom is -0.387 e. The lowest BCUT2D eigenvalue weighted by atomic mass is 10.0. The second kappa shape index (κ2) is 5.97. The van der Waals surface area contributed by atoms with Crippen LogP contribution in [0, 0.1) is 17.8 Å². The molecule has 0 bridgehead atoms. The molecule has 2 saturated carbocycles. The molecule has 0 heterocycles. The van der Waals surface area contributed by atoms with E-state index in [0.717, 1.165) is 16.3 Å². The van der Waals surface area contributed by atoms with Gasteiger partial charge in [-0.05, 0) is 47.1 Å². The summed E-state index contributed by atoms with van der Waals surface area (Å²) in [4.78, 5) is 12.3. The van der Waals surface area contributed by atoms with E-state index in [9.17, 15) is 9.90 Å². The molecule has 120 valence electrons. The van der Waals surface area contributed by atoms with Gasteiger partial charge in [0.05, 0.1) is 6.10 Å². The Morgan fingerprint density at radius 3 is 2.52 bits per heavy atom. The maximum absolute atomic E-state index is 12.3. The summed E-state index contributed by atoms with van der Waals surface area (Å²) >= 11 is 0. The lowest BCUT2D eigenvalue weighted by Crippen LogP contribution is -2.30. The average Bonchev–Trinajstić information content (AvgIpc) is 3.33. The van der Waals surface area contributed by atoms with Crippen LogP contribution >= 0.6 is 0 Å². The highest BCUT2D eigenvalue weighted by molar-refractivity contribution is 5.83. The Morgan fingerprint density at radius 2 is 1.78 bits per heavy atom. The van der Waals surface area contributed by atoms with Crippen LogP contribution in [-0.4, -0.2) is 17.6 Å². The zero-order valence-electron chi connectivity index (χ0n) is 13.2. The zero-order valence-corrected chi connectivity index (χ0v) is 13.2. The van der Waals surface area contributed by atoms with Gasteiger partial charge in [-0.1, -0.05) is 49.2 Å². The quantitative estimate of drug-likeness (QED) is 0.909. The van der Waals surface area contributed by atoms with Crippen LogP contribution in [-0.2, 0) is 4.79 Å². The lowest BCUT2D eigenvalue weighted by Gasteiger charge is -2.13. The maximum Gasteiger partial charge on any atom is 0.223 e. The van der Waals surface area contributed by atoms with E-state index in [1.807, 2.05) is 36.4 Å². The molecular weight excluding hydrogens is 286 g/mol. The maximum atomic E-state index is 12.3. The van der Waals surface area contributed by atoms with Crippen LogP contribution in [0.25, 0.3) is 10.8 Å². The average molecular weight is 309 g/mol. The second-order valence-corrected chi connectivity index (χ2v) is 7.01. The Labute approximate surface area is 136 Å². The fourth-order valence-corrected chi connectivity index (χ4v) is 4.23. The summed E-state index contributed by atoms with van der Waals surface area (Å²) in [5, 5.41) is 15.6. The largest absolute Gasteiger partial charge is 0.387 e. The molecule has 4 rings (SSSR count). The van der Waals surface area contributed by atoms with Crippen LogP contribution in [0.2, 0.25) is 0 Å². The number of hydrogen-bond donors (Lipinski definition) is 2. The molecule has 2 aromatic carbocycles. The van der Waals surface area contributed by atoms with Crippen LogP contribution in [0.5, 0.6) is 0 Å². The Kier molecular flexibility index (Phi) is 3.82. The first kappa shape index (κ1) is 14.7. The molecule has 3 atom stereocenters. The summed E-state index contributed by atoms with van der Waals surface area (Å²) in [6, 6.07) is 14.1. The van der Waals surface area contributed by atoms with E-state index < -0.39 is 6.10 Å². The van der Waals surface area contributed by atoms with Gasteiger partial charge in [-0.25, -0.2) is 0 Å². The van der Waals surface area contributed by atoms with E-state index >= 15 is 0 Å². The van der Waals surface area contributed by atoms with Crippen molar-refractivity contribution in [3.05, 3.63) is 48.0 Å². The van der Waals surface area contributed by atoms with Crippen molar-refractivity contribution in [2.45, 2.75) is 31.8 Å². The van der Waals surface area contributed by atoms with Crippen LogP contribution in [0.1, 0.15) is 37.4 Å². The van der Waals surface area contributed by atoms with Crippen molar-refractivity contribution in [1.29, 1.82) is 0 Å². The van der Waals surface area contributed by atoms with Crippen LogP contribution in [0.3, 0.4) is 0 Å². The van der Waals surface area contributed by atoms with Gasteiger partial charge in [0.1, 0.15) is 0 Å². The normalized spacial score (nSPS) is 27.3. The van der Waals surface area contributed by atoms with Crippen LogP contribution < -0.4 is 5.32 Å². The SMILES string of the molecule is O=C(NCC(O)c1ccc2ccccc2c1)C1C2CCCCC21. The number of amides is 1. The van der Waals surface area contributed by atoms with E-state index in [1.165, 1.54) is 25.7 Å². The fourth-order valence-electron chi connectivity index (χ4n) is 4.23. The molecule has 0 radical (unpaired) electrons. The van der Waals surface area contributed by atoms with Gasteiger partial charge in [0.15, 0.2) is 0 Å². The van der Waals surface area contributed by atoms with E-state index in [0.29, 0.717) is 18.4 Å². The fraction of sp³-hybridized carbons (Fsp3) is 0.450. The van der Waals surface area contributed by atoms with Crippen molar-refractivity contribution < 1.29 is 9.90 Å². The van der Waals surface area contributed by atoms with Crippen molar-refractivity contribution in [2.75, 3.05) is 6.54 Å². The number of carbonyl (C=O) groups excluding carboxylic acids is 1. The molecule has 1 amide bonds. The predicted octanol–water partition coefficient (Wildman–Crippen LogP) is 3.43. The van der Waals surface area contributed by atoms with Gasteiger partial charge >= 0.3 is 0 Å². The summed E-state index contributed by atoms with van der Waals surface area (Å²) in [5.74, 6) is 1.58. The highest BCUT2D eigenvalue weighted by Gasteiger charge is 2.54. The van der Waals surface area contributed by atoms with Crippen LogP contribution in [0.15, 0.2) is 42.5 Å². The molecule has 2 aromatic rings. The van der Waals surface area contributed by atoms with Gasteiger partial charge < -0.3 is 10.4 Å². The van der Waals surface area contributed by atoms with Gasteiger partial charge in [-0.3, -0.25) is 4.79 Å². The van der Waals surface area contributed by atoms with Gasteiger partial charge in [-0.2, -0.15) is 0 Å². The van der Waals surface area contributed by atoms with Gasteiger partial charge in [0, 0.05) is 12.5 Å². The molecular formula is C20H23NO2. The number of aliphatic hydroxyl groups is 1. The number of hydrogen-bond acceptors (Lipinski definition) is 2. The molecule has 0 aliphatic heterocycles. The first-order valence-corrected chi connectivity index (χ1v) is 8.68. The molecule has 3 nitrogen and oxygen atoms in total. The number of aliphatic hydroxyl groups excluding tert-OH is 1. The lowest BCUT2D eigenvalue weighted by molar-refractivity contribution is -0.123. The molecule has 2 fully saturated rings. The Bertz CT molecular complexity index is 714. The number of benzene rings is 2. The molecule has 3 heteroatoms. The molecule has 2 aliphatic rings. The molecule has 2 aliphatic carbocycles. The molecule has 0 saturated heterocycles. The summed E-state index contributed by atoms with van der Waals surface area (Å²) in [7, 11) is 0. The van der Waals surface area contributed by atoms with Gasteiger partial charge in [0.2, 0.25) is 5.91 Å². The van der Waals surface area contributed by atoms with E-state index in [2.05, 4.69) is 11.4 Å². The topological polar surface area (TPSA) is 49.3 Å².